The molecule has 2 N–H and O–H groups in total. The Labute approximate surface area is 150 Å². The number of hydrogen-bond acceptors (Lipinski definition) is 3. The van der Waals surface area contributed by atoms with Gasteiger partial charge in [0.25, 0.3) is 0 Å². The number of fused-ring (bicyclic) bond motifs is 1. The van der Waals surface area contributed by atoms with Crippen LogP contribution in [0.3, 0.4) is 0 Å². The summed E-state index contributed by atoms with van der Waals surface area (Å²) in [6, 6.07) is 5.82. The van der Waals surface area contributed by atoms with Crippen LogP contribution in [0.5, 0.6) is 5.75 Å². The number of alkyl halides is 3. The van der Waals surface area contributed by atoms with Gasteiger partial charge < -0.3 is 15.4 Å². The lowest BCUT2D eigenvalue weighted by molar-refractivity contribution is -0.274. The van der Waals surface area contributed by atoms with Crippen molar-refractivity contribution in [3.05, 3.63) is 29.8 Å². The van der Waals surface area contributed by atoms with Crippen LogP contribution in [0.25, 0.3) is 0 Å². The molecule has 2 aliphatic rings. The third-order valence-electron chi connectivity index (χ3n) is 4.80. The van der Waals surface area contributed by atoms with Crippen molar-refractivity contribution in [1.29, 1.82) is 0 Å². The molecule has 8 heteroatoms. The number of rotatable bonds is 4. The summed E-state index contributed by atoms with van der Waals surface area (Å²) in [5.41, 5.74) is 0.730. The van der Waals surface area contributed by atoms with E-state index in [-0.39, 0.29) is 30.1 Å². The molecule has 1 amide bonds. The molecule has 1 aliphatic carbocycles. The van der Waals surface area contributed by atoms with Crippen LogP contribution in [0.1, 0.15) is 37.7 Å². The molecule has 1 heterocycles. The van der Waals surface area contributed by atoms with Crippen molar-refractivity contribution in [1.82, 2.24) is 10.6 Å². The van der Waals surface area contributed by atoms with Gasteiger partial charge in [0.1, 0.15) is 5.75 Å². The minimum Gasteiger partial charge on any atom is -0.406 e. The molecule has 140 valence electrons. The lowest BCUT2D eigenvalue weighted by Crippen LogP contribution is -2.42. The summed E-state index contributed by atoms with van der Waals surface area (Å²) in [4.78, 5) is 12.3. The van der Waals surface area contributed by atoms with E-state index < -0.39 is 6.36 Å². The lowest BCUT2D eigenvalue weighted by atomic mass is 9.85. The molecule has 0 bridgehead atoms. The van der Waals surface area contributed by atoms with E-state index in [2.05, 4.69) is 15.4 Å². The van der Waals surface area contributed by atoms with E-state index in [4.69, 9.17) is 0 Å². The molecule has 0 aromatic heterocycles. The van der Waals surface area contributed by atoms with Gasteiger partial charge >= 0.3 is 6.36 Å². The first-order valence-electron chi connectivity index (χ1n) is 8.29. The minimum absolute atomic E-state index is 0. The largest absolute Gasteiger partial charge is 0.573 e. The molecule has 3 atom stereocenters. The zero-order chi connectivity index (χ0) is 17.2. The zero-order valence-electron chi connectivity index (χ0n) is 13.6. The number of halogens is 4. The van der Waals surface area contributed by atoms with Gasteiger partial charge in [-0.25, -0.2) is 0 Å². The first-order valence-corrected chi connectivity index (χ1v) is 8.29. The Hall–Kier alpha value is -1.47. The third-order valence-corrected chi connectivity index (χ3v) is 4.80. The predicted molar refractivity (Wildman–Crippen MR) is 89.5 cm³/mol. The van der Waals surface area contributed by atoms with Crippen LogP contribution in [0, 0.1) is 5.92 Å². The van der Waals surface area contributed by atoms with Crippen LogP contribution in [0.2, 0.25) is 0 Å². The Morgan fingerprint density at radius 2 is 1.88 bits per heavy atom. The SMILES string of the molecule is Cl.O=C(NCc1ccc(OC(F)(F)F)cc1)C1CC2CCCCC2N1. The van der Waals surface area contributed by atoms with E-state index in [1.807, 2.05) is 0 Å². The van der Waals surface area contributed by atoms with Crippen molar-refractivity contribution in [2.45, 2.75) is 57.1 Å². The molecule has 25 heavy (non-hydrogen) atoms. The Bertz CT molecular complexity index is 566. The van der Waals surface area contributed by atoms with Gasteiger partial charge in [0.15, 0.2) is 0 Å². The molecule has 1 aliphatic heterocycles. The Balaban J connectivity index is 0.00000225. The van der Waals surface area contributed by atoms with Gasteiger partial charge in [-0.3, -0.25) is 4.79 Å². The Kier molecular flexibility index (Phi) is 6.57. The van der Waals surface area contributed by atoms with Gasteiger partial charge in [-0.2, -0.15) is 0 Å². The second-order valence-electron chi connectivity index (χ2n) is 6.52. The topological polar surface area (TPSA) is 50.4 Å². The van der Waals surface area contributed by atoms with E-state index in [0.717, 1.165) is 18.4 Å². The number of nitrogens with one attached hydrogen (secondary N) is 2. The predicted octanol–water partition coefficient (Wildman–Crippen LogP) is 3.54. The van der Waals surface area contributed by atoms with Gasteiger partial charge in [-0.1, -0.05) is 25.0 Å². The average Bonchev–Trinajstić information content (AvgIpc) is 2.96. The average molecular weight is 379 g/mol. The molecule has 0 radical (unpaired) electrons. The van der Waals surface area contributed by atoms with Crippen LogP contribution in [-0.4, -0.2) is 24.4 Å². The smallest absolute Gasteiger partial charge is 0.406 e. The third kappa shape index (κ3) is 5.51. The molecular formula is C17H22ClF3N2O2. The van der Waals surface area contributed by atoms with Gasteiger partial charge in [-0.15, -0.1) is 25.6 Å². The van der Waals surface area contributed by atoms with Crippen LogP contribution >= 0.6 is 12.4 Å². The van der Waals surface area contributed by atoms with Crippen molar-refractivity contribution in [3.63, 3.8) is 0 Å². The highest BCUT2D eigenvalue weighted by Crippen LogP contribution is 2.33. The number of carbonyl (C=O) groups is 1. The van der Waals surface area contributed by atoms with Gasteiger partial charge in [0.2, 0.25) is 5.91 Å². The summed E-state index contributed by atoms with van der Waals surface area (Å²) in [5, 5.41) is 6.26. The maximum absolute atomic E-state index is 12.3. The molecule has 3 unspecified atom stereocenters. The first kappa shape index (κ1) is 19.8. The molecule has 2 fully saturated rings. The highest BCUT2D eigenvalue weighted by atomic mass is 35.5. The Morgan fingerprint density at radius 1 is 1.20 bits per heavy atom. The maximum atomic E-state index is 12.3. The molecule has 3 rings (SSSR count). The van der Waals surface area contributed by atoms with Gasteiger partial charge in [-0.05, 0) is 42.9 Å². The molecule has 1 aromatic rings. The summed E-state index contributed by atoms with van der Waals surface area (Å²) in [6.45, 7) is 0.290. The summed E-state index contributed by atoms with van der Waals surface area (Å²) < 4.78 is 40.1. The van der Waals surface area contributed by atoms with Crippen LogP contribution in [0.15, 0.2) is 24.3 Å². The van der Waals surface area contributed by atoms with Gasteiger partial charge in [0.05, 0.1) is 6.04 Å². The van der Waals surface area contributed by atoms with Crippen molar-refractivity contribution < 1.29 is 22.7 Å². The van der Waals surface area contributed by atoms with Crippen LogP contribution < -0.4 is 15.4 Å². The fourth-order valence-electron chi connectivity index (χ4n) is 3.64. The van der Waals surface area contributed by atoms with E-state index in [1.54, 1.807) is 0 Å². The molecule has 4 nitrogen and oxygen atoms in total. The fourth-order valence-corrected chi connectivity index (χ4v) is 3.64. The Morgan fingerprint density at radius 3 is 2.52 bits per heavy atom. The standard InChI is InChI=1S/C17H21F3N2O2.ClH/c18-17(19,20)24-13-7-5-11(6-8-13)10-21-16(23)15-9-12-3-1-2-4-14(12)22-15;/h5-8,12,14-15,22H,1-4,9-10H2,(H,21,23);1H. The highest BCUT2D eigenvalue weighted by molar-refractivity contribution is 5.85. The monoisotopic (exact) mass is 378 g/mol. The molecule has 0 spiro atoms. The van der Waals surface area contributed by atoms with Crippen molar-refractivity contribution in [3.8, 4) is 5.75 Å². The summed E-state index contributed by atoms with van der Waals surface area (Å²) in [6.07, 6.45) is 0.950. The van der Waals surface area contributed by atoms with E-state index in [9.17, 15) is 18.0 Å². The summed E-state index contributed by atoms with van der Waals surface area (Å²) >= 11 is 0. The number of carbonyl (C=O) groups excluding carboxylic acids is 1. The summed E-state index contributed by atoms with van der Waals surface area (Å²) in [5.74, 6) is 0.285. The van der Waals surface area contributed by atoms with E-state index in [0.29, 0.717) is 18.5 Å². The van der Waals surface area contributed by atoms with Gasteiger partial charge in [0, 0.05) is 12.6 Å². The summed E-state index contributed by atoms with van der Waals surface area (Å²) in [7, 11) is 0. The maximum Gasteiger partial charge on any atom is 0.573 e. The second kappa shape index (κ2) is 8.27. The zero-order valence-corrected chi connectivity index (χ0v) is 14.5. The normalized spacial score (nSPS) is 25.6. The minimum atomic E-state index is -4.69. The van der Waals surface area contributed by atoms with Crippen molar-refractivity contribution in [2.75, 3.05) is 0 Å². The van der Waals surface area contributed by atoms with Crippen molar-refractivity contribution >= 4 is 18.3 Å². The molecular weight excluding hydrogens is 357 g/mol. The second-order valence-corrected chi connectivity index (χ2v) is 6.52. The number of ether oxygens (including phenoxy) is 1. The van der Waals surface area contributed by atoms with Crippen molar-refractivity contribution in [2.24, 2.45) is 5.92 Å². The number of benzene rings is 1. The number of hydrogen-bond donors (Lipinski definition) is 2. The highest BCUT2D eigenvalue weighted by Gasteiger charge is 2.38. The fraction of sp³-hybridized carbons (Fsp3) is 0.588. The van der Waals surface area contributed by atoms with Crippen LogP contribution in [0.4, 0.5) is 13.2 Å². The molecule has 1 saturated heterocycles. The van der Waals surface area contributed by atoms with E-state index >= 15 is 0 Å². The molecule has 1 aromatic carbocycles. The quantitative estimate of drug-likeness (QED) is 0.842. The number of amides is 1. The molecule has 1 saturated carbocycles. The lowest BCUT2D eigenvalue weighted by Gasteiger charge is -2.24. The van der Waals surface area contributed by atoms with E-state index in [1.165, 1.54) is 43.5 Å². The van der Waals surface area contributed by atoms with Crippen LogP contribution in [-0.2, 0) is 11.3 Å². The first-order chi connectivity index (χ1) is 11.4.